The molecule has 0 aliphatic rings. The molecule has 1 aromatic carbocycles. The van der Waals surface area contributed by atoms with Crippen molar-refractivity contribution < 1.29 is 28.0 Å². The molecule has 1 aromatic heterocycles. The Balaban J connectivity index is 2.05. The van der Waals surface area contributed by atoms with Gasteiger partial charge in [0.2, 0.25) is 0 Å². The van der Waals surface area contributed by atoms with Crippen LogP contribution in [0.4, 0.5) is 4.39 Å². The monoisotopic (exact) mass is 321 g/mol. The van der Waals surface area contributed by atoms with Crippen molar-refractivity contribution in [3.63, 3.8) is 0 Å². The predicted octanol–water partition coefficient (Wildman–Crippen LogP) is 2.73. The lowest BCUT2D eigenvalue weighted by Crippen LogP contribution is -2.15. The Morgan fingerprint density at radius 3 is 2.70 bits per heavy atom. The summed E-state index contributed by atoms with van der Waals surface area (Å²) < 4.78 is 28.3. The molecule has 0 bridgehead atoms. The van der Waals surface area contributed by atoms with Gasteiger partial charge in [-0.15, -0.1) is 0 Å². The number of aryl methyl sites for hydroxylation is 2. The highest BCUT2D eigenvalue weighted by molar-refractivity contribution is 5.99. The molecule has 1 heterocycles. The van der Waals surface area contributed by atoms with Crippen molar-refractivity contribution in [1.82, 2.24) is 5.16 Å². The van der Waals surface area contributed by atoms with Crippen LogP contribution in [0.25, 0.3) is 0 Å². The van der Waals surface area contributed by atoms with Crippen LogP contribution in [0.5, 0.6) is 5.75 Å². The van der Waals surface area contributed by atoms with Crippen molar-refractivity contribution >= 4 is 11.8 Å². The lowest BCUT2D eigenvalue weighted by molar-refractivity contribution is 0.0472. The van der Waals surface area contributed by atoms with E-state index >= 15 is 0 Å². The molecular weight excluding hydrogens is 305 g/mol. The summed E-state index contributed by atoms with van der Waals surface area (Å²) in [7, 11) is 1.33. The number of nitrogens with zero attached hydrogens (tertiary/aromatic N) is 1. The second kappa shape index (κ2) is 7.04. The highest BCUT2D eigenvalue weighted by Crippen LogP contribution is 2.19. The summed E-state index contributed by atoms with van der Waals surface area (Å²) >= 11 is 0. The van der Waals surface area contributed by atoms with Crippen molar-refractivity contribution in [3.05, 3.63) is 46.6 Å². The summed E-state index contributed by atoms with van der Waals surface area (Å²) in [6, 6.07) is 3.78. The molecule has 2 rings (SSSR count). The van der Waals surface area contributed by atoms with Crippen molar-refractivity contribution in [3.8, 4) is 5.75 Å². The molecule has 0 saturated carbocycles. The summed E-state index contributed by atoms with van der Waals surface area (Å²) in [4.78, 5) is 24.0. The van der Waals surface area contributed by atoms with Crippen LogP contribution in [0.3, 0.4) is 0 Å². The summed E-state index contributed by atoms with van der Waals surface area (Å²) in [6.45, 7) is 2.90. The minimum atomic E-state index is -0.692. The van der Waals surface area contributed by atoms with Gasteiger partial charge in [-0.3, -0.25) is 4.79 Å². The highest BCUT2D eigenvalue weighted by Gasteiger charge is 2.22. The summed E-state index contributed by atoms with van der Waals surface area (Å²) in [5, 5.41) is 3.75. The summed E-state index contributed by atoms with van der Waals surface area (Å²) in [5.74, 6) is -1.51. The normalized spacial score (nSPS) is 10.4. The fraction of sp³-hybridized carbons (Fsp3) is 0.312. The van der Waals surface area contributed by atoms with Crippen LogP contribution < -0.4 is 4.74 Å². The van der Waals surface area contributed by atoms with Gasteiger partial charge in [0, 0.05) is 5.56 Å². The number of methoxy groups -OCH3 is 1. The number of esters is 1. The van der Waals surface area contributed by atoms with Gasteiger partial charge < -0.3 is 14.0 Å². The first-order chi connectivity index (χ1) is 11.0. The molecule has 0 spiro atoms. The van der Waals surface area contributed by atoms with E-state index < -0.39 is 24.2 Å². The van der Waals surface area contributed by atoms with Gasteiger partial charge in [0.25, 0.3) is 0 Å². The van der Waals surface area contributed by atoms with Gasteiger partial charge in [0.05, 0.1) is 12.8 Å². The Bertz CT molecular complexity index is 738. The molecule has 0 atom stereocenters. The third kappa shape index (κ3) is 3.56. The van der Waals surface area contributed by atoms with Crippen LogP contribution in [0.1, 0.15) is 39.1 Å². The number of carbonyl (C=O) groups is 2. The Morgan fingerprint density at radius 2 is 2.09 bits per heavy atom. The lowest BCUT2D eigenvalue weighted by Gasteiger charge is -2.06. The van der Waals surface area contributed by atoms with Crippen molar-refractivity contribution in [2.75, 3.05) is 13.7 Å². The van der Waals surface area contributed by atoms with E-state index in [9.17, 15) is 14.0 Å². The first-order valence-electron chi connectivity index (χ1n) is 6.96. The zero-order valence-electron chi connectivity index (χ0n) is 13.0. The Labute approximate surface area is 132 Å². The standard InChI is InChI=1S/C16H16FNO5/c1-4-12-15(9(2)23-18-12)16(20)22-8-13(19)10-5-6-14(21-3)11(17)7-10/h5-7H,4,8H2,1-3H3. The number of benzene rings is 1. The van der Waals surface area contributed by atoms with E-state index in [-0.39, 0.29) is 16.9 Å². The minimum absolute atomic E-state index is 0.0335. The molecule has 7 heteroatoms. The molecule has 0 amide bonds. The molecule has 6 nitrogen and oxygen atoms in total. The predicted molar refractivity (Wildman–Crippen MR) is 78.2 cm³/mol. The second-order valence-corrected chi connectivity index (χ2v) is 4.76. The average molecular weight is 321 g/mol. The number of aromatic nitrogens is 1. The zero-order chi connectivity index (χ0) is 17.0. The molecule has 23 heavy (non-hydrogen) atoms. The molecule has 0 aliphatic heterocycles. The Hall–Kier alpha value is -2.70. The van der Waals surface area contributed by atoms with Crippen LogP contribution in [-0.2, 0) is 11.2 Å². The summed E-state index contributed by atoms with van der Waals surface area (Å²) in [5.41, 5.74) is 0.783. The number of ketones is 1. The molecule has 0 saturated heterocycles. The van der Waals surface area contributed by atoms with Crippen molar-refractivity contribution in [2.45, 2.75) is 20.3 Å². The van der Waals surface area contributed by atoms with Gasteiger partial charge in [-0.05, 0) is 31.5 Å². The van der Waals surface area contributed by atoms with Crippen LogP contribution >= 0.6 is 0 Å². The molecule has 0 radical (unpaired) electrons. The van der Waals surface area contributed by atoms with E-state index in [1.165, 1.54) is 19.2 Å². The number of rotatable bonds is 6. The maximum Gasteiger partial charge on any atom is 0.344 e. The number of halogens is 1. The van der Waals surface area contributed by atoms with Crippen LogP contribution in [0.15, 0.2) is 22.7 Å². The maximum absolute atomic E-state index is 13.6. The topological polar surface area (TPSA) is 78.6 Å². The average Bonchev–Trinajstić information content (AvgIpc) is 2.93. The number of hydrogen-bond donors (Lipinski definition) is 0. The van der Waals surface area contributed by atoms with Gasteiger partial charge in [-0.25, -0.2) is 9.18 Å². The maximum atomic E-state index is 13.6. The fourth-order valence-electron chi connectivity index (χ4n) is 2.05. The van der Waals surface area contributed by atoms with Crippen LogP contribution in [-0.4, -0.2) is 30.6 Å². The van der Waals surface area contributed by atoms with Gasteiger partial charge in [0.1, 0.15) is 11.3 Å². The largest absolute Gasteiger partial charge is 0.494 e. The highest BCUT2D eigenvalue weighted by atomic mass is 19.1. The van der Waals surface area contributed by atoms with Crippen molar-refractivity contribution in [2.24, 2.45) is 0 Å². The SMILES string of the molecule is CCc1noc(C)c1C(=O)OCC(=O)c1ccc(OC)c(F)c1. The molecule has 0 fully saturated rings. The number of Topliss-reactive ketones (excluding diaryl/α,β-unsaturated/α-hetero) is 1. The first kappa shape index (κ1) is 16.7. The third-order valence-corrected chi connectivity index (χ3v) is 3.28. The smallest absolute Gasteiger partial charge is 0.344 e. The van der Waals surface area contributed by atoms with Gasteiger partial charge in [-0.1, -0.05) is 12.1 Å². The molecule has 122 valence electrons. The molecule has 0 N–H and O–H groups in total. The Morgan fingerprint density at radius 1 is 1.35 bits per heavy atom. The summed E-state index contributed by atoms with van der Waals surface area (Å²) in [6.07, 6.45) is 0.499. The molecule has 2 aromatic rings. The first-order valence-corrected chi connectivity index (χ1v) is 6.96. The minimum Gasteiger partial charge on any atom is -0.494 e. The van der Waals surface area contributed by atoms with E-state index in [0.717, 1.165) is 6.07 Å². The third-order valence-electron chi connectivity index (χ3n) is 3.28. The van der Waals surface area contributed by atoms with E-state index in [1.807, 2.05) is 6.92 Å². The van der Waals surface area contributed by atoms with Crippen molar-refractivity contribution in [1.29, 1.82) is 0 Å². The quantitative estimate of drug-likeness (QED) is 0.601. The zero-order valence-corrected chi connectivity index (χ0v) is 13.0. The molecule has 0 aliphatic carbocycles. The van der Waals surface area contributed by atoms with Gasteiger partial charge in [-0.2, -0.15) is 0 Å². The second-order valence-electron chi connectivity index (χ2n) is 4.76. The molecular formula is C16H16FNO5. The Kier molecular flexibility index (Phi) is 5.10. The van der Waals surface area contributed by atoms with E-state index in [0.29, 0.717) is 17.9 Å². The van der Waals surface area contributed by atoms with E-state index in [4.69, 9.17) is 14.0 Å². The number of ether oxygens (including phenoxy) is 2. The van der Waals surface area contributed by atoms with Crippen LogP contribution in [0.2, 0.25) is 0 Å². The van der Waals surface area contributed by atoms with Gasteiger partial charge >= 0.3 is 5.97 Å². The van der Waals surface area contributed by atoms with Gasteiger partial charge in [0.15, 0.2) is 24.0 Å². The molecule has 0 unspecified atom stereocenters. The lowest BCUT2D eigenvalue weighted by atomic mass is 10.1. The van der Waals surface area contributed by atoms with E-state index in [1.54, 1.807) is 6.92 Å². The fourth-order valence-corrected chi connectivity index (χ4v) is 2.05. The van der Waals surface area contributed by atoms with E-state index in [2.05, 4.69) is 5.16 Å². The number of hydrogen-bond acceptors (Lipinski definition) is 6. The van der Waals surface area contributed by atoms with Crippen LogP contribution in [0, 0.1) is 12.7 Å². The number of carbonyl (C=O) groups excluding carboxylic acids is 2.